The molecule has 0 aliphatic carbocycles. The summed E-state index contributed by atoms with van der Waals surface area (Å²) in [6, 6.07) is 5.84. The van der Waals surface area contributed by atoms with Gasteiger partial charge < -0.3 is 15.2 Å². The van der Waals surface area contributed by atoms with Gasteiger partial charge in [-0.3, -0.25) is 4.79 Å². The van der Waals surface area contributed by atoms with E-state index in [9.17, 15) is 14.7 Å². The highest BCUT2D eigenvalue weighted by molar-refractivity contribution is 5.83. The number of hydrogen-bond acceptors (Lipinski definition) is 4. The smallest absolute Gasteiger partial charge is 0.328 e. The van der Waals surface area contributed by atoms with E-state index in [4.69, 9.17) is 4.74 Å². The molecule has 0 aliphatic heterocycles. The predicted molar refractivity (Wildman–Crippen MR) is 84.5 cm³/mol. The maximum Gasteiger partial charge on any atom is 0.328 e. The predicted octanol–water partition coefficient (Wildman–Crippen LogP) is 2.56. The van der Waals surface area contributed by atoms with Crippen molar-refractivity contribution in [2.45, 2.75) is 52.0 Å². The lowest BCUT2D eigenvalue weighted by Gasteiger charge is -2.17. The molecule has 1 rings (SSSR count). The molecule has 0 heterocycles. The Balaban J connectivity index is 2.53. The molecule has 1 aromatic carbocycles. The molecule has 0 fully saturated rings. The van der Waals surface area contributed by atoms with Crippen LogP contribution >= 0.6 is 0 Å². The van der Waals surface area contributed by atoms with Gasteiger partial charge in [0.25, 0.3) is 0 Å². The second-order valence-electron chi connectivity index (χ2n) is 5.35. The summed E-state index contributed by atoms with van der Waals surface area (Å²) in [5.74, 6) is -0.523. The van der Waals surface area contributed by atoms with E-state index in [1.807, 2.05) is 0 Å². The fourth-order valence-corrected chi connectivity index (χ4v) is 2.11. The Morgan fingerprint density at radius 3 is 2.45 bits per heavy atom. The Kier molecular flexibility index (Phi) is 8.04. The van der Waals surface area contributed by atoms with Crippen molar-refractivity contribution in [2.75, 3.05) is 6.61 Å². The summed E-state index contributed by atoms with van der Waals surface area (Å²) in [4.78, 5) is 23.4. The maximum atomic E-state index is 12.1. The average Bonchev–Trinajstić information content (AvgIpc) is 2.48. The van der Waals surface area contributed by atoms with Crippen molar-refractivity contribution in [1.82, 2.24) is 5.32 Å². The first-order valence-electron chi connectivity index (χ1n) is 7.74. The monoisotopic (exact) mass is 307 g/mol. The minimum Gasteiger partial charge on any atom is -0.508 e. The van der Waals surface area contributed by atoms with E-state index >= 15 is 0 Å². The lowest BCUT2D eigenvalue weighted by atomic mass is 10.1. The van der Waals surface area contributed by atoms with Gasteiger partial charge in [0.1, 0.15) is 11.8 Å². The van der Waals surface area contributed by atoms with Crippen LogP contribution in [0.25, 0.3) is 0 Å². The molecule has 0 saturated heterocycles. The molecule has 1 amide bonds. The summed E-state index contributed by atoms with van der Waals surface area (Å²) in [5, 5.41) is 11.9. The zero-order chi connectivity index (χ0) is 16.4. The van der Waals surface area contributed by atoms with Gasteiger partial charge >= 0.3 is 5.97 Å². The molecule has 22 heavy (non-hydrogen) atoms. The number of unbranched alkanes of at least 4 members (excludes halogenated alkanes) is 3. The highest BCUT2D eigenvalue weighted by atomic mass is 16.5. The number of esters is 1. The molecule has 0 aromatic heterocycles. The molecular formula is C17H25NO4. The van der Waals surface area contributed by atoms with Crippen LogP contribution in [0.4, 0.5) is 0 Å². The van der Waals surface area contributed by atoms with Crippen LogP contribution < -0.4 is 5.32 Å². The zero-order valence-electron chi connectivity index (χ0n) is 13.3. The first-order chi connectivity index (χ1) is 10.5. The average molecular weight is 307 g/mol. The molecule has 0 spiro atoms. The lowest BCUT2D eigenvalue weighted by Crippen LogP contribution is -2.42. The summed E-state index contributed by atoms with van der Waals surface area (Å²) in [5.41, 5.74) is 0.847. The van der Waals surface area contributed by atoms with E-state index in [0.717, 1.165) is 31.2 Å². The normalized spacial score (nSPS) is 11.7. The van der Waals surface area contributed by atoms with E-state index in [1.54, 1.807) is 24.3 Å². The van der Waals surface area contributed by atoms with Gasteiger partial charge in [-0.1, -0.05) is 38.3 Å². The summed E-state index contributed by atoms with van der Waals surface area (Å²) in [6.07, 6.45) is 4.47. The van der Waals surface area contributed by atoms with Crippen molar-refractivity contribution in [2.24, 2.45) is 0 Å². The summed E-state index contributed by atoms with van der Waals surface area (Å²) >= 11 is 0. The Labute approximate surface area is 131 Å². The largest absolute Gasteiger partial charge is 0.508 e. The second-order valence-corrected chi connectivity index (χ2v) is 5.35. The van der Waals surface area contributed by atoms with Gasteiger partial charge in [0.2, 0.25) is 5.91 Å². The number of aromatic hydroxyl groups is 1. The number of carbonyl (C=O) groups excluding carboxylic acids is 2. The van der Waals surface area contributed by atoms with Crippen molar-refractivity contribution in [3.8, 4) is 5.75 Å². The molecule has 1 atom stereocenters. The van der Waals surface area contributed by atoms with Crippen molar-refractivity contribution >= 4 is 11.9 Å². The third-order valence-corrected chi connectivity index (χ3v) is 3.28. The Hall–Kier alpha value is -2.04. The van der Waals surface area contributed by atoms with E-state index < -0.39 is 12.0 Å². The van der Waals surface area contributed by atoms with E-state index in [-0.39, 0.29) is 11.7 Å². The zero-order valence-corrected chi connectivity index (χ0v) is 13.3. The van der Waals surface area contributed by atoms with E-state index in [1.165, 1.54) is 6.92 Å². The van der Waals surface area contributed by atoms with Gasteiger partial charge in [-0.2, -0.15) is 0 Å². The van der Waals surface area contributed by atoms with Crippen LogP contribution in [0, 0.1) is 0 Å². The van der Waals surface area contributed by atoms with Gasteiger partial charge in [0.05, 0.1) is 6.61 Å². The van der Waals surface area contributed by atoms with Crippen LogP contribution in [-0.2, 0) is 20.7 Å². The van der Waals surface area contributed by atoms with E-state index in [0.29, 0.717) is 13.0 Å². The molecule has 1 aromatic rings. The van der Waals surface area contributed by atoms with Crippen molar-refractivity contribution in [3.63, 3.8) is 0 Å². The lowest BCUT2D eigenvalue weighted by molar-refractivity contribution is -0.147. The summed E-state index contributed by atoms with van der Waals surface area (Å²) < 4.78 is 5.24. The highest BCUT2D eigenvalue weighted by Crippen LogP contribution is 2.12. The Morgan fingerprint density at radius 1 is 1.18 bits per heavy atom. The first-order valence-corrected chi connectivity index (χ1v) is 7.74. The quantitative estimate of drug-likeness (QED) is 0.543. The minimum absolute atomic E-state index is 0.165. The Bertz CT molecular complexity index is 470. The fraction of sp³-hybridized carbons (Fsp3) is 0.529. The molecule has 0 radical (unpaired) electrons. The molecular weight excluding hydrogens is 282 g/mol. The molecule has 0 saturated carbocycles. The van der Waals surface area contributed by atoms with Crippen molar-refractivity contribution in [3.05, 3.63) is 29.8 Å². The fourth-order valence-electron chi connectivity index (χ4n) is 2.11. The number of phenolic OH excluding ortho intramolecular Hbond substituents is 1. The summed E-state index contributed by atoms with van der Waals surface area (Å²) in [6.45, 7) is 3.87. The second kappa shape index (κ2) is 9.82. The number of ether oxygens (including phenoxy) is 1. The van der Waals surface area contributed by atoms with E-state index in [2.05, 4.69) is 12.2 Å². The molecule has 5 nitrogen and oxygen atoms in total. The van der Waals surface area contributed by atoms with Crippen LogP contribution in [0.1, 0.15) is 45.1 Å². The van der Waals surface area contributed by atoms with Crippen molar-refractivity contribution < 1.29 is 19.4 Å². The molecule has 0 aliphatic rings. The number of rotatable bonds is 9. The molecule has 122 valence electrons. The first kappa shape index (κ1) is 18.0. The van der Waals surface area contributed by atoms with Crippen LogP contribution in [0.5, 0.6) is 5.75 Å². The minimum atomic E-state index is -0.701. The molecule has 5 heteroatoms. The van der Waals surface area contributed by atoms with Gasteiger partial charge in [-0.25, -0.2) is 4.79 Å². The van der Waals surface area contributed by atoms with Crippen molar-refractivity contribution in [1.29, 1.82) is 0 Å². The molecule has 0 unspecified atom stereocenters. The number of benzene rings is 1. The van der Waals surface area contributed by atoms with Crippen LogP contribution in [0.15, 0.2) is 24.3 Å². The van der Waals surface area contributed by atoms with Gasteiger partial charge in [-0.15, -0.1) is 0 Å². The standard InChI is InChI=1S/C17H25NO4/c1-3-4-5-6-11-22-17(21)16(18-13(2)19)12-14-7-9-15(20)10-8-14/h7-10,16,20H,3-6,11-12H2,1-2H3,(H,18,19)/t16-/m0/s1. The van der Waals surface area contributed by atoms with Crippen LogP contribution in [-0.4, -0.2) is 29.6 Å². The van der Waals surface area contributed by atoms with Gasteiger partial charge in [-0.05, 0) is 24.1 Å². The number of hydrogen-bond donors (Lipinski definition) is 2. The number of phenols is 1. The number of nitrogens with one attached hydrogen (secondary N) is 1. The molecule has 0 bridgehead atoms. The third kappa shape index (κ3) is 7.11. The summed E-state index contributed by atoms with van der Waals surface area (Å²) in [7, 11) is 0. The van der Waals surface area contributed by atoms with Crippen LogP contribution in [0.2, 0.25) is 0 Å². The molecule has 2 N–H and O–H groups in total. The number of amides is 1. The topological polar surface area (TPSA) is 75.6 Å². The SMILES string of the molecule is CCCCCCOC(=O)[C@H](Cc1ccc(O)cc1)NC(C)=O. The highest BCUT2D eigenvalue weighted by Gasteiger charge is 2.21. The van der Waals surface area contributed by atoms with Gasteiger partial charge in [0.15, 0.2) is 0 Å². The van der Waals surface area contributed by atoms with Gasteiger partial charge in [0, 0.05) is 13.3 Å². The van der Waals surface area contributed by atoms with Crippen LogP contribution in [0.3, 0.4) is 0 Å². The maximum absolute atomic E-state index is 12.1. The Morgan fingerprint density at radius 2 is 1.86 bits per heavy atom. The third-order valence-electron chi connectivity index (χ3n) is 3.28. The number of carbonyl (C=O) groups is 2.